The van der Waals surface area contributed by atoms with E-state index >= 15 is 0 Å². The molecule has 1 atom stereocenters. The number of rotatable bonds is 3. The highest BCUT2D eigenvalue weighted by atomic mass is 35.5. The molecule has 1 aromatic rings. The first-order chi connectivity index (χ1) is 5.68. The van der Waals surface area contributed by atoms with Crippen LogP contribution in [0.2, 0.25) is 0 Å². The van der Waals surface area contributed by atoms with E-state index in [1.807, 2.05) is 0 Å². The Bertz CT molecular complexity index is 280. The van der Waals surface area contributed by atoms with Crippen LogP contribution in [-0.4, -0.2) is 9.88 Å². The maximum Gasteiger partial charge on any atom is 0.695 e. The van der Waals surface area contributed by atoms with Gasteiger partial charge >= 0.3 is 8.25 Å². The summed E-state index contributed by atoms with van der Waals surface area (Å²) in [5.74, 6) is 0. The Kier molecular flexibility index (Phi) is 5.50. The Balaban J connectivity index is 0.00000144. The number of nitrogens with zero attached hydrogens (tertiary/aromatic N) is 1. The van der Waals surface area contributed by atoms with E-state index in [0.717, 1.165) is 0 Å². The molecule has 1 aromatic heterocycles. The maximum absolute atomic E-state index is 10.1. The number of halogens is 1. The molecule has 0 bridgehead atoms. The third kappa shape index (κ3) is 4.75. The predicted molar refractivity (Wildman–Crippen MR) is 50.5 cm³/mol. The summed E-state index contributed by atoms with van der Waals surface area (Å²) in [4.78, 5) is 12.2. The molecule has 3 N–H and O–H groups in total. The van der Waals surface area contributed by atoms with Gasteiger partial charge in [0.15, 0.2) is 0 Å². The van der Waals surface area contributed by atoms with Gasteiger partial charge in [-0.15, -0.1) is 21.8 Å². The van der Waals surface area contributed by atoms with Gasteiger partial charge in [0.25, 0.3) is 0 Å². The lowest BCUT2D eigenvalue weighted by molar-refractivity contribution is 0.269. The SMILES string of the molecule is Cl.Nc1ccc(CO[P+](=O)O)nc1. The molecule has 5 nitrogen and oxygen atoms in total. The van der Waals surface area contributed by atoms with Gasteiger partial charge in [-0.1, -0.05) is 0 Å². The molecule has 0 amide bonds. The minimum absolute atomic E-state index is 0. The third-order valence-electron chi connectivity index (χ3n) is 1.17. The van der Waals surface area contributed by atoms with Crippen molar-refractivity contribution in [3.63, 3.8) is 0 Å². The van der Waals surface area contributed by atoms with Gasteiger partial charge in [0.05, 0.1) is 17.6 Å². The third-order valence-corrected chi connectivity index (χ3v) is 1.52. The lowest BCUT2D eigenvalue weighted by atomic mass is 10.3. The Morgan fingerprint density at radius 1 is 1.62 bits per heavy atom. The second kappa shape index (κ2) is 5.83. The molecular formula is C6H9ClN2O3P+. The second-order valence-electron chi connectivity index (χ2n) is 2.09. The van der Waals surface area contributed by atoms with Gasteiger partial charge in [0.1, 0.15) is 6.61 Å². The minimum Gasteiger partial charge on any atom is -0.397 e. The maximum atomic E-state index is 10.1. The van der Waals surface area contributed by atoms with Crippen LogP contribution in [-0.2, 0) is 15.7 Å². The summed E-state index contributed by atoms with van der Waals surface area (Å²) >= 11 is 0. The number of nitrogen functional groups attached to an aromatic ring is 1. The highest BCUT2D eigenvalue weighted by Crippen LogP contribution is 2.16. The lowest BCUT2D eigenvalue weighted by Gasteiger charge is -1.93. The number of pyridine rings is 1. The summed E-state index contributed by atoms with van der Waals surface area (Å²) in [6, 6.07) is 3.28. The van der Waals surface area contributed by atoms with Gasteiger partial charge in [-0.25, -0.2) is 0 Å². The average molecular weight is 224 g/mol. The van der Waals surface area contributed by atoms with Crippen LogP contribution in [0.15, 0.2) is 18.3 Å². The van der Waals surface area contributed by atoms with Crippen molar-refractivity contribution in [3.8, 4) is 0 Å². The molecule has 0 saturated heterocycles. The standard InChI is InChI=1S/C6H7N2O3P.ClH/c7-5-1-2-6(8-3-5)4-11-12(9)10;/h1-3H,4,7H2;1H/p+1. The Morgan fingerprint density at radius 3 is 2.77 bits per heavy atom. The Hall–Kier alpha value is -0.740. The minimum atomic E-state index is -2.55. The van der Waals surface area contributed by atoms with Gasteiger partial charge in [-0.05, 0) is 12.1 Å². The molecule has 1 heterocycles. The summed E-state index contributed by atoms with van der Waals surface area (Å²) in [6.07, 6.45) is 1.46. The van der Waals surface area contributed by atoms with Crippen LogP contribution in [0, 0.1) is 0 Å². The van der Waals surface area contributed by atoms with Crippen molar-refractivity contribution < 1.29 is 14.0 Å². The molecule has 0 aliphatic rings. The van der Waals surface area contributed by atoms with Gasteiger partial charge < -0.3 is 5.73 Å². The quantitative estimate of drug-likeness (QED) is 0.754. The van der Waals surface area contributed by atoms with Crippen molar-refractivity contribution in [2.45, 2.75) is 6.61 Å². The molecule has 13 heavy (non-hydrogen) atoms. The smallest absolute Gasteiger partial charge is 0.397 e. The van der Waals surface area contributed by atoms with Crippen LogP contribution in [0.4, 0.5) is 5.69 Å². The monoisotopic (exact) mass is 223 g/mol. The molecule has 0 fully saturated rings. The summed E-state index contributed by atoms with van der Waals surface area (Å²) in [5, 5.41) is 0. The topological polar surface area (TPSA) is 85.4 Å². The van der Waals surface area contributed by atoms with Crippen LogP contribution in [0.5, 0.6) is 0 Å². The first-order valence-corrected chi connectivity index (χ1v) is 4.31. The summed E-state index contributed by atoms with van der Waals surface area (Å²) in [5.41, 5.74) is 6.49. The molecular weight excluding hydrogens is 215 g/mol. The van der Waals surface area contributed by atoms with E-state index in [4.69, 9.17) is 10.6 Å². The molecule has 1 unspecified atom stereocenters. The summed E-state index contributed by atoms with van der Waals surface area (Å²) in [6.45, 7) is 0.0198. The van der Waals surface area contributed by atoms with Crippen molar-refractivity contribution in [3.05, 3.63) is 24.0 Å². The van der Waals surface area contributed by atoms with E-state index in [-0.39, 0.29) is 19.0 Å². The Labute approximate surface area is 82.3 Å². The molecule has 0 aromatic carbocycles. The number of nitrogens with two attached hydrogens (primary N) is 1. The predicted octanol–water partition coefficient (Wildman–Crippen LogP) is 1.25. The van der Waals surface area contributed by atoms with Crippen molar-refractivity contribution in [2.75, 3.05) is 5.73 Å². The first-order valence-electron chi connectivity index (χ1n) is 3.18. The van der Waals surface area contributed by atoms with Crippen LogP contribution < -0.4 is 5.73 Å². The van der Waals surface area contributed by atoms with Crippen molar-refractivity contribution in [2.24, 2.45) is 0 Å². The van der Waals surface area contributed by atoms with E-state index in [2.05, 4.69) is 9.51 Å². The van der Waals surface area contributed by atoms with Crippen molar-refractivity contribution in [1.29, 1.82) is 0 Å². The second-order valence-corrected chi connectivity index (χ2v) is 2.83. The van der Waals surface area contributed by atoms with E-state index in [0.29, 0.717) is 11.4 Å². The van der Waals surface area contributed by atoms with E-state index in [9.17, 15) is 4.57 Å². The molecule has 0 radical (unpaired) electrons. The largest absolute Gasteiger partial charge is 0.695 e. The van der Waals surface area contributed by atoms with Crippen LogP contribution in [0.25, 0.3) is 0 Å². The number of hydrogen-bond donors (Lipinski definition) is 2. The number of anilines is 1. The summed E-state index contributed by atoms with van der Waals surface area (Å²) in [7, 11) is -2.55. The van der Waals surface area contributed by atoms with Crippen molar-refractivity contribution >= 4 is 26.3 Å². The molecule has 1 rings (SSSR count). The normalized spacial score (nSPS) is 10.4. The zero-order chi connectivity index (χ0) is 8.97. The van der Waals surface area contributed by atoms with Gasteiger partial charge in [0.2, 0.25) is 0 Å². The zero-order valence-corrected chi connectivity index (χ0v) is 8.29. The Morgan fingerprint density at radius 2 is 2.31 bits per heavy atom. The van der Waals surface area contributed by atoms with Gasteiger partial charge in [0, 0.05) is 4.57 Å². The van der Waals surface area contributed by atoms with Crippen LogP contribution in [0.1, 0.15) is 5.69 Å². The fraction of sp³-hybridized carbons (Fsp3) is 0.167. The fourth-order valence-electron chi connectivity index (χ4n) is 0.643. The molecule has 7 heteroatoms. The highest BCUT2D eigenvalue weighted by Gasteiger charge is 2.11. The average Bonchev–Trinajstić information content (AvgIpc) is 2.03. The van der Waals surface area contributed by atoms with Crippen LogP contribution in [0.3, 0.4) is 0 Å². The van der Waals surface area contributed by atoms with Crippen LogP contribution >= 0.6 is 20.7 Å². The van der Waals surface area contributed by atoms with E-state index in [1.165, 1.54) is 6.20 Å². The lowest BCUT2D eigenvalue weighted by Crippen LogP contribution is -1.92. The fourth-order valence-corrected chi connectivity index (χ4v) is 0.885. The number of hydrogen-bond acceptors (Lipinski definition) is 4. The van der Waals surface area contributed by atoms with Gasteiger partial charge in [-0.3, -0.25) is 4.98 Å². The van der Waals surface area contributed by atoms with Gasteiger partial charge in [-0.2, -0.15) is 0 Å². The van der Waals surface area contributed by atoms with Crippen molar-refractivity contribution in [1.82, 2.24) is 4.98 Å². The molecule has 72 valence electrons. The highest BCUT2D eigenvalue weighted by molar-refractivity contribution is 7.32. The molecule has 0 spiro atoms. The number of aromatic nitrogens is 1. The molecule has 0 aliphatic carbocycles. The first kappa shape index (κ1) is 12.3. The van der Waals surface area contributed by atoms with E-state index in [1.54, 1.807) is 12.1 Å². The van der Waals surface area contributed by atoms with E-state index < -0.39 is 8.25 Å². The summed E-state index contributed by atoms with van der Waals surface area (Å²) < 4.78 is 14.5. The zero-order valence-electron chi connectivity index (χ0n) is 6.58. The molecule has 0 saturated carbocycles. The molecule has 0 aliphatic heterocycles.